The Bertz CT molecular complexity index is 246. The molecule has 1 heterocycles. The lowest BCUT2D eigenvalue weighted by atomic mass is 9.81. The Balaban J connectivity index is 2.24. The van der Waals surface area contributed by atoms with Crippen molar-refractivity contribution in [2.75, 3.05) is 39.4 Å². The Morgan fingerprint density at radius 2 is 1.94 bits per heavy atom. The van der Waals surface area contributed by atoms with Crippen LogP contribution < -0.4 is 5.32 Å². The Morgan fingerprint density at radius 3 is 2.47 bits per heavy atom. The van der Waals surface area contributed by atoms with Gasteiger partial charge in [0.05, 0.1) is 19.8 Å². The van der Waals surface area contributed by atoms with E-state index in [-0.39, 0.29) is 11.3 Å². The third kappa shape index (κ3) is 4.64. The van der Waals surface area contributed by atoms with Crippen LogP contribution >= 0.6 is 0 Å². The smallest absolute Gasteiger partial charge is 0.236 e. The first-order valence-corrected chi connectivity index (χ1v) is 6.50. The lowest BCUT2D eigenvalue weighted by molar-refractivity contribution is -0.134. The topological polar surface area (TPSA) is 41.6 Å². The van der Waals surface area contributed by atoms with Crippen LogP contribution in [0.2, 0.25) is 0 Å². The van der Waals surface area contributed by atoms with Crippen LogP contribution in [0, 0.1) is 11.3 Å². The molecule has 1 rings (SSSR count). The molecule has 1 aliphatic rings. The Kier molecular flexibility index (Phi) is 5.40. The van der Waals surface area contributed by atoms with Gasteiger partial charge in [-0.1, -0.05) is 27.7 Å². The van der Waals surface area contributed by atoms with E-state index < -0.39 is 0 Å². The van der Waals surface area contributed by atoms with Gasteiger partial charge in [-0.25, -0.2) is 0 Å². The SMILES string of the molecule is CC(C)C(C)(C)CNCC(=O)N1CCOCC1. The number of amides is 1. The summed E-state index contributed by atoms with van der Waals surface area (Å²) in [5.74, 6) is 0.793. The van der Waals surface area contributed by atoms with E-state index in [1.54, 1.807) is 0 Å². The molecule has 0 atom stereocenters. The summed E-state index contributed by atoms with van der Waals surface area (Å²) in [5, 5.41) is 3.27. The summed E-state index contributed by atoms with van der Waals surface area (Å²) in [4.78, 5) is 13.7. The first kappa shape index (κ1) is 14.5. The van der Waals surface area contributed by atoms with Crippen LogP contribution in [0.25, 0.3) is 0 Å². The summed E-state index contributed by atoms with van der Waals surface area (Å²) in [6.07, 6.45) is 0. The second kappa shape index (κ2) is 6.36. The van der Waals surface area contributed by atoms with Gasteiger partial charge in [-0.2, -0.15) is 0 Å². The molecule has 0 aromatic heterocycles. The number of rotatable bonds is 5. The lowest BCUT2D eigenvalue weighted by Crippen LogP contribution is -2.46. The van der Waals surface area contributed by atoms with Crippen molar-refractivity contribution in [3.63, 3.8) is 0 Å². The fourth-order valence-corrected chi connectivity index (χ4v) is 1.62. The van der Waals surface area contributed by atoms with Crippen molar-refractivity contribution in [3.8, 4) is 0 Å². The van der Waals surface area contributed by atoms with Crippen molar-refractivity contribution in [3.05, 3.63) is 0 Å². The maximum absolute atomic E-state index is 11.9. The van der Waals surface area contributed by atoms with E-state index in [2.05, 4.69) is 33.0 Å². The number of nitrogens with one attached hydrogen (secondary N) is 1. The zero-order chi connectivity index (χ0) is 12.9. The second-order valence-corrected chi connectivity index (χ2v) is 5.74. The van der Waals surface area contributed by atoms with Crippen LogP contribution in [-0.4, -0.2) is 50.2 Å². The first-order valence-electron chi connectivity index (χ1n) is 6.50. The van der Waals surface area contributed by atoms with Crippen LogP contribution in [-0.2, 0) is 9.53 Å². The van der Waals surface area contributed by atoms with E-state index >= 15 is 0 Å². The van der Waals surface area contributed by atoms with Crippen LogP contribution in [0.5, 0.6) is 0 Å². The molecule has 0 aliphatic carbocycles. The van der Waals surface area contributed by atoms with Gasteiger partial charge in [-0.05, 0) is 11.3 Å². The first-order chi connectivity index (χ1) is 7.93. The molecule has 17 heavy (non-hydrogen) atoms. The molecule has 0 unspecified atom stereocenters. The second-order valence-electron chi connectivity index (χ2n) is 5.74. The zero-order valence-electron chi connectivity index (χ0n) is 11.6. The molecule has 1 aliphatic heterocycles. The maximum atomic E-state index is 11.9. The van der Waals surface area contributed by atoms with Gasteiger partial charge in [0.1, 0.15) is 0 Å². The average Bonchev–Trinajstić information content (AvgIpc) is 2.29. The standard InChI is InChI=1S/C13H26N2O2/c1-11(2)13(3,4)10-14-9-12(16)15-5-7-17-8-6-15/h11,14H,5-10H2,1-4H3. The monoisotopic (exact) mass is 242 g/mol. The number of carbonyl (C=O) groups excluding carboxylic acids is 1. The summed E-state index contributed by atoms with van der Waals surface area (Å²) in [6.45, 7) is 13.0. The quantitative estimate of drug-likeness (QED) is 0.785. The molecule has 0 aromatic carbocycles. The van der Waals surface area contributed by atoms with Crippen LogP contribution in [0.1, 0.15) is 27.7 Å². The molecule has 0 spiro atoms. The van der Waals surface area contributed by atoms with Crippen LogP contribution in [0.15, 0.2) is 0 Å². The van der Waals surface area contributed by atoms with Crippen molar-refractivity contribution >= 4 is 5.91 Å². The van der Waals surface area contributed by atoms with Crippen LogP contribution in [0.3, 0.4) is 0 Å². The van der Waals surface area contributed by atoms with Gasteiger partial charge in [-0.15, -0.1) is 0 Å². The maximum Gasteiger partial charge on any atom is 0.236 e. The highest BCUT2D eigenvalue weighted by Gasteiger charge is 2.23. The molecule has 1 fully saturated rings. The fraction of sp³-hybridized carbons (Fsp3) is 0.923. The Labute approximate surface area is 105 Å². The van der Waals surface area contributed by atoms with Gasteiger partial charge in [0.25, 0.3) is 0 Å². The fourth-order valence-electron chi connectivity index (χ4n) is 1.62. The van der Waals surface area contributed by atoms with Gasteiger partial charge >= 0.3 is 0 Å². The van der Waals surface area contributed by atoms with Crippen molar-refractivity contribution in [1.29, 1.82) is 0 Å². The number of carbonyl (C=O) groups is 1. The van der Waals surface area contributed by atoms with Crippen molar-refractivity contribution in [1.82, 2.24) is 10.2 Å². The van der Waals surface area contributed by atoms with Gasteiger partial charge in [-0.3, -0.25) is 4.79 Å². The normalized spacial score (nSPS) is 17.6. The van der Waals surface area contributed by atoms with E-state index in [0.29, 0.717) is 25.7 Å². The minimum atomic E-state index is 0.188. The van der Waals surface area contributed by atoms with Gasteiger partial charge in [0.15, 0.2) is 0 Å². The predicted molar refractivity (Wildman–Crippen MR) is 68.9 cm³/mol. The Morgan fingerprint density at radius 1 is 1.35 bits per heavy atom. The van der Waals surface area contributed by atoms with E-state index in [9.17, 15) is 4.79 Å². The summed E-state index contributed by atoms with van der Waals surface area (Å²) < 4.78 is 5.23. The molecule has 1 saturated heterocycles. The molecule has 0 bridgehead atoms. The molecule has 0 saturated carbocycles. The van der Waals surface area contributed by atoms with E-state index in [4.69, 9.17) is 4.74 Å². The van der Waals surface area contributed by atoms with Gasteiger partial charge < -0.3 is 15.0 Å². The van der Waals surface area contributed by atoms with E-state index in [1.807, 2.05) is 4.90 Å². The molecule has 1 N–H and O–H groups in total. The van der Waals surface area contributed by atoms with E-state index in [1.165, 1.54) is 0 Å². The Hall–Kier alpha value is -0.610. The molecule has 100 valence electrons. The third-order valence-corrected chi connectivity index (χ3v) is 3.78. The number of hydrogen-bond donors (Lipinski definition) is 1. The van der Waals surface area contributed by atoms with Crippen molar-refractivity contribution < 1.29 is 9.53 Å². The van der Waals surface area contributed by atoms with Crippen LogP contribution in [0.4, 0.5) is 0 Å². The highest BCUT2D eigenvalue weighted by atomic mass is 16.5. The average molecular weight is 242 g/mol. The summed E-state index contributed by atoms with van der Waals surface area (Å²) in [6, 6.07) is 0. The molecule has 4 heteroatoms. The number of ether oxygens (including phenoxy) is 1. The summed E-state index contributed by atoms with van der Waals surface area (Å²) in [7, 11) is 0. The third-order valence-electron chi connectivity index (χ3n) is 3.78. The molecule has 4 nitrogen and oxygen atoms in total. The number of nitrogens with zero attached hydrogens (tertiary/aromatic N) is 1. The predicted octanol–water partition coefficient (Wildman–Crippen LogP) is 1.12. The number of hydrogen-bond acceptors (Lipinski definition) is 3. The molecule has 1 amide bonds. The molecular weight excluding hydrogens is 216 g/mol. The van der Waals surface area contributed by atoms with E-state index in [0.717, 1.165) is 19.6 Å². The molecular formula is C13H26N2O2. The molecule has 0 radical (unpaired) electrons. The number of morpholine rings is 1. The van der Waals surface area contributed by atoms with Crippen molar-refractivity contribution in [2.24, 2.45) is 11.3 Å². The lowest BCUT2D eigenvalue weighted by Gasteiger charge is -2.31. The highest BCUT2D eigenvalue weighted by molar-refractivity contribution is 5.78. The summed E-state index contributed by atoms with van der Waals surface area (Å²) in [5.41, 5.74) is 0.227. The zero-order valence-corrected chi connectivity index (χ0v) is 11.6. The highest BCUT2D eigenvalue weighted by Crippen LogP contribution is 2.24. The molecule has 0 aromatic rings. The largest absolute Gasteiger partial charge is 0.378 e. The van der Waals surface area contributed by atoms with Crippen molar-refractivity contribution in [2.45, 2.75) is 27.7 Å². The minimum Gasteiger partial charge on any atom is -0.378 e. The summed E-state index contributed by atoms with van der Waals surface area (Å²) >= 11 is 0. The minimum absolute atomic E-state index is 0.188. The van der Waals surface area contributed by atoms with Gasteiger partial charge in [0, 0.05) is 19.6 Å². The van der Waals surface area contributed by atoms with Gasteiger partial charge in [0.2, 0.25) is 5.91 Å².